The smallest absolute Gasteiger partial charge is 0.246 e. The molecular weight excluding hydrogens is 789 g/mol. The quantitative estimate of drug-likeness (QED) is 0.233. The first-order chi connectivity index (χ1) is 28.6. The van der Waals surface area contributed by atoms with Crippen molar-refractivity contribution in [3.63, 3.8) is 0 Å². The number of phenols is 2. The zero-order valence-electron chi connectivity index (χ0n) is 44.7. The van der Waals surface area contributed by atoms with Crippen molar-refractivity contribution in [2.75, 3.05) is 0 Å². The fourth-order valence-electron chi connectivity index (χ4n) is 13.1. The van der Waals surface area contributed by atoms with Crippen molar-refractivity contribution in [3.05, 3.63) is 83.0 Å². The van der Waals surface area contributed by atoms with Crippen LogP contribution in [0.3, 0.4) is 0 Å². The summed E-state index contributed by atoms with van der Waals surface area (Å²) in [5.41, 5.74) is 3.23. The Labute approximate surface area is 391 Å². The average Bonchev–Trinajstić information content (AvgIpc) is 3.07. The van der Waals surface area contributed by atoms with Gasteiger partial charge in [0.2, 0.25) is 11.8 Å². The van der Waals surface area contributed by atoms with Crippen molar-refractivity contribution in [3.8, 4) is 11.5 Å². The Morgan fingerprint density at radius 2 is 0.781 bits per heavy atom. The van der Waals surface area contributed by atoms with Gasteiger partial charge in [0.15, 0.2) is 0 Å². The highest BCUT2D eigenvalue weighted by Gasteiger charge is 2.55. The van der Waals surface area contributed by atoms with Crippen molar-refractivity contribution in [1.29, 1.82) is 0 Å². The molecule has 64 heavy (non-hydrogen) atoms. The third-order valence-electron chi connectivity index (χ3n) is 15.0. The molecule has 0 radical (unpaired) electrons. The molecule has 2 fully saturated rings. The van der Waals surface area contributed by atoms with Gasteiger partial charge in [0, 0.05) is 22.2 Å². The van der Waals surface area contributed by atoms with Gasteiger partial charge in [-0.05, 0) is 191 Å². The Hall–Kier alpha value is -3.54. The number of phenolic OH excluding ortho intramolecular Hbond substituents is 2. The van der Waals surface area contributed by atoms with Gasteiger partial charge >= 0.3 is 0 Å². The van der Waals surface area contributed by atoms with Gasteiger partial charge in [-0.1, -0.05) is 127 Å². The lowest BCUT2D eigenvalue weighted by Gasteiger charge is -2.60. The van der Waals surface area contributed by atoms with E-state index in [0.717, 1.165) is 67.2 Å². The van der Waals surface area contributed by atoms with Crippen molar-refractivity contribution < 1.29 is 19.8 Å². The van der Waals surface area contributed by atoms with Crippen LogP contribution < -0.4 is 0 Å². The summed E-state index contributed by atoms with van der Waals surface area (Å²) in [6, 6.07) is 9.08. The number of hydrogen-bond donors (Lipinski definition) is 2. The maximum absolute atomic E-state index is 13.7. The molecule has 2 aromatic carbocycles. The lowest BCUT2D eigenvalue weighted by Crippen LogP contribution is -2.65. The second-order valence-corrected chi connectivity index (χ2v) is 27.5. The van der Waals surface area contributed by atoms with Gasteiger partial charge in [-0.25, -0.2) is 0 Å². The Morgan fingerprint density at radius 3 is 0.984 bits per heavy atom. The highest BCUT2D eigenvalue weighted by atomic mass is 16.3. The van der Waals surface area contributed by atoms with Crippen LogP contribution in [-0.4, -0.2) is 54.0 Å². The number of amides is 2. The third kappa shape index (κ3) is 11.2. The van der Waals surface area contributed by atoms with Crippen molar-refractivity contribution in [2.45, 2.75) is 234 Å². The number of nitrogens with zero attached hydrogens (tertiary/aromatic N) is 2. The number of rotatable bonds is 10. The van der Waals surface area contributed by atoms with Crippen LogP contribution in [-0.2, 0) is 44.1 Å². The van der Waals surface area contributed by atoms with Gasteiger partial charge < -0.3 is 20.0 Å². The Balaban J connectivity index is 2.08. The molecule has 2 heterocycles. The Morgan fingerprint density at radius 1 is 0.547 bits per heavy atom. The fourth-order valence-corrected chi connectivity index (χ4v) is 13.1. The SMILES string of the molecule is C=CC(=O)N1C(C)(C)CC(C(CC(C)(Cc2cc(C(C)(C)C)c(O)c(C(C)(C)C)c2)Cc2cc(C(C)(C)C)c(O)c(C(C)(C)C)c2)C2CC(C)(C)N(C(=O)C=C)C(C)(C)C2)CC1(C)C. The van der Waals surface area contributed by atoms with Gasteiger partial charge in [-0.3, -0.25) is 9.59 Å². The van der Waals surface area contributed by atoms with E-state index in [-0.39, 0.29) is 56.6 Å². The predicted octanol–water partition coefficient (Wildman–Crippen LogP) is 14.0. The molecule has 2 N–H and O–H groups in total. The van der Waals surface area contributed by atoms with E-state index in [4.69, 9.17) is 0 Å². The largest absolute Gasteiger partial charge is 0.507 e. The molecule has 0 spiro atoms. The topological polar surface area (TPSA) is 81.1 Å². The summed E-state index contributed by atoms with van der Waals surface area (Å²) in [4.78, 5) is 31.5. The summed E-state index contributed by atoms with van der Waals surface area (Å²) in [7, 11) is 0. The van der Waals surface area contributed by atoms with E-state index >= 15 is 0 Å². The first kappa shape index (κ1) is 53.1. The molecule has 2 saturated heterocycles. The minimum Gasteiger partial charge on any atom is -0.507 e. The van der Waals surface area contributed by atoms with Gasteiger partial charge in [-0.15, -0.1) is 0 Å². The van der Waals surface area contributed by atoms with Crippen LogP contribution >= 0.6 is 0 Å². The number of carbonyl (C=O) groups is 2. The van der Waals surface area contributed by atoms with Crippen molar-refractivity contribution in [2.24, 2.45) is 23.2 Å². The molecule has 6 nitrogen and oxygen atoms in total. The molecule has 2 aliphatic heterocycles. The second-order valence-electron chi connectivity index (χ2n) is 27.5. The van der Waals surface area contributed by atoms with E-state index in [1.54, 1.807) is 0 Å². The van der Waals surface area contributed by atoms with Gasteiger partial charge in [0.25, 0.3) is 0 Å². The highest BCUT2D eigenvalue weighted by Crippen LogP contribution is 2.55. The number of likely N-dealkylation sites (tertiary alicyclic amines) is 2. The molecule has 2 aliphatic rings. The lowest BCUT2D eigenvalue weighted by atomic mass is 9.57. The summed E-state index contributed by atoms with van der Waals surface area (Å²) in [6.07, 6.45) is 8.85. The van der Waals surface area contributed by atoms with E-state index in [1.807, 2.05) is 0 Å². The van der Waals surface area contributed by atoms with E-state index < -0.39 is 22.2 Å². The molecule has 0 unspecified atom stereocenters. The number of benzene rings is 2. The summed E-state index contributed by atoms with van der Waals surface area (Å²) >= 11 is 0. The maximum atomic E-state index is 13.7. The molecule has 0 aromatic heterocycles. The van der Waals surface area contributed by atoms with E-state index in [9.17, 15) is 19.8 Å². The fraction of sp³-hybridized carbons (Fsp3) is 0.690. The standard InChI is InChI=1S/C58H92N2O4/c1-24-46(61)59-54(15,16)32-39(33-55(59,17)18)41(40-34-56(19,20)60(47(62)25-2)57(21,22)35-40)36-58(23,30-37-26-42(50(3,4)5)48(63)43(27-37)51(6,7)8)31-38-28-44(52(9,10)11)49(64)45(29-38)53(12,13)14/h24-29,39-41,63-64H,1-2,30-36H2,3-23H3. The average molecular weight is 881 g/mol. The van der Waals surface area contributed by atoms with Gasteiger partial charge in [0.05, 0.1) is 0 Å². The monoisotopic (exact) mass is 881 g/mol. The van der Waals surface area contributed by atoms with Gasteiger partial charge in [-0.2, -0.15) is 0 Å². The van der Waals surface area contributed by atoms with E-state index in [1.165, 1.54) is 23.3 Å². The Kier molecular flexibility index (Phi) is 14.3. The van der Waals surface area contributed by atoms with Crippen LogP contribution in [0.25, 0.3) is 0 Å². The van der Waals surface area contributed by atoms with Crippen LogP contribution in [0.2, 0.25) is 0 Å². The predicted molar refractivity (Wildman–Crippen MR) is 270 cm³/mol. The minimum absolute atomic E-state index is 0.0263. The van der Waals surface area contributed by atoms with E-state index in [0.29, 0.717) is 11.5 Å². The van der Waals surface area contributed by atoms with Crippen LogP contribution in [0.5, 0.6) is 11.5 Å². The third-order valence-corrected chi connectivity index (χ3v) is 15.0. The van der Waals surface area contributed by atoms with E-state index in [2.05, 4.69) is 193 Å². The van der Waals surface area contributed by atoms with Crippen LogP contribution in [0, 0.1) is 23.2 Å². The molecule has 0 saturated carbocycles. The minimum atomic E-state index is -0.419. The maximum Gasteiger partial charge on any atom is 0.246 e. The summed E-state index contributed by atoms with van der Waals surface area (Å²) in [6.45, 7) is 54.4. The summed E-state index contributed by atoms with van der Waals surface area (Å²) in [5.74, 6) is 1.53. The van der Waals surface area contributed by atoms with Crippen LogP contribution in [0.15, 0.2) is 49.6 Å². The van der Waals surface area contributed by atoms with Crippen LogP contribution in [0.1, 0.15) is 211 Å². The summed E-state index contributed by atoms with van der Waals surface area (Å²) < 4.78 is 0. The van der Waals surface area contributed by atoms with Crippen molar-refractivity contribution >= 4 is 11.8 Å². The second kappa shape index (κ2) is 17.3. The number of piperidine rings is 2. The lowest BCUT2D eigenvalue weighted by molar-refractivity contribution is -0.154. The zero-order valence-corrected chi connectivity index (χ0v) is 44.7. The Bertz CT molecular complexity index is 1840. The first-order valence-electron chi connectivity index (χ1n) is 24.3. The van der Waals surface area contributed by atoms with Crippen LogP contribution in [0.4, 0.5) is 0 Å². The normalized spacial score (nSPS) is 19.8. The number of hydrogen-bond acceptors (Lipinski definition) is 4. The molecular formula is C58H92N2O4. The highest BCUT2D eigenvalue weighted by molar-refractivity contribution is 5.89. The van der Waals surface area contributed by atoms with Crippen molar-refractivity contribution in [1.82, 2.24) is 9.80 Å². The molecule has 2 amide bonds. The number of carbonyl (C=O) groups excluding carboxylic acids is 2. The molecule has 4 rings (SSSR count). The van der Waals surface area contributed by atoms with Gasteiger partial charge in [0.1, 0.15) is 11.5 Å². The zero-order chi connectivity index (χ0) is 49.4. The summed E-state index contributed by atoms with van der Waals surface area (Å²) in [5, 5.41) is 23.8. The molecule has 358 valence electrons. The molecule has 6 heteroatoms. The number of aromatic hydroxyl groups is 2. The molecule has 0 bridgehead atoms. The molecule has 2 aromatic rings. The molecule has 0 aliphatic carbocycles. The molecule has 0 atom stereocenters. The first-order valence-corrected chi connectivity index (χ1v) is 24.3.